The van der Waals surface area contributed by atoms with E-state index >= 15 is 0 Å². The first kappa shape index (κ1) is 16.6. The molecule has 5 rings (SSSR count). The lowest BCUT2D eigenvalue weighted by Gasteiger charge is -2.20. The second-order valence-corrected chi connectivity index (χ2v) is 6.95. The molecule has 0 saturated heterocycles. The van der Waals surface area contributed by atoms with Gasteiger partial charge in [-0.05, 0) is 30.3 Å². The molecule has 0 radical (unpaired) electrons. The van der Waals surface area contributed by atoms with Gasteiger partial charge in [-0.2, -0.15) is 5.10 Å². The SMILES string of the molecule is Cn1ccc2c1CN(C(=O)c1ccco1)Cc1cn(Cc3ccccn3)nc1-2. The highest BCUT2D eigenvalue weighted by Crippen LogP contribution is 2.32. The van der Waals surface area contributed by atoms with Gasteiger partial charge in [0.1, 0.15) is 0 Å². The number of carbonyl (C=O) groups is 1. The van der Waals surface area contributed by atoms with Gasteiger partial charge >= 0.3 is 0 Å². The van der Waals surface area contributed by atoms with E-state index in [1.807, 2.05) is 46.9 Å². The van der Waals surface area contributed by atoms with Crippen molar-refractivity contribution < 1.29 is 9.21 Å². The van der Waals surface area contributed by atoms with E-state index in [1.54, 1.807) is 23.2 Å². The zero-order valence-electron chi connectivity index (χ0n) is 15.4. The number of hydrogen-bond acceptors (Lipinski definition) is 4. The highest BCUT2D eigenvalue weighted by atomic mass is 16.3. The minimum atomic E-state index is -0.123. The summed E-state index contributed by atoms with van der Waals surface area (Å²) in [4.78, 5) is 19.1. The van der Waals surface area contributed by atoms with Crippen LogP contribution in [0.4, 0.5) is 0 Å². The number of carbonyl (C=O) groups excluding carboxylic acids is 1. The Labute approximate surface area is 161 Å². The Hall–Kier alpha value is -3.61. The Kier molecular flexibility index (Phi) is 3.86. The first-order valence-electron chi connectivity index (χ1n) is 9.12. The number of hydrogen-bond donors (Lipinski definition) is 0. The fourth-order valence-corrected chi connectivity index (χ4v) is 3.66. The van der Waals surface area contributed by atoms with Crippen molar-refractivity contribution in [2.45, 2.75) is 19.6 Å². The van der Waals surface area contributed by atoms with Crippen LogP contribution < -0.4 is 0 Å². The van der Waals surface area contributed by atoms with Crippen LogP contribution in [0.3, 0.4) is 0 Å². The van der Waals surface area contributed by atoms with Crippen molar-refractivity contribution in [1.29, 1.82) is 0 Å². The number of aromatic nitrogens is 4. The van der Waals surface area contributed by atoms with Crippen LogP contribution in [0.25, 0.3) is 11.3 Å². The first-order valence-corrected chi connectivity index (χ1v) is 9.12. The van der Waals surface area contributed by atoms with E-state index in [9.17, 15) is 4.79 Å². The Bertz CT molecular complexity index is 1130. The van der Waals surface area contributed by atoms with E-state index < -0.39 is 0 Å². The lowest BCUT2D eigenvalue weighted by Crippen LogP contribution is -2.29. The number of nitrogens with zero attached hydrogens (tertiary/aromatic N) is 5. The standard InChI is InChI=1S/C21H19N5O2/c1-24-9-7-17-18(24)14-25(21(27)19-6-4-10-28-19)11-15-12-26(23-20(15)17)13-16-5-2-3-8-22-16/h2-10,12H,11,13-14H2,1H3. The van der Waals surface area contributed by atoms with Gasteiger partial charge in [-0.1, -0.05) is 6.07 Å². The van der Waals surface area contributed by atoms with Gasteiger partial charge < -0.3 is 13.9 Å². The maximum atomic E-state index is 12.9. The van der Waals surface area contributed by atoms with Crippen molar-refractivity contribution >= 4 is 5.91 Å². The molecule has 0 saturated carbocycles. The molecule has 1 aliphatic rings. The molecule has 0 unspecified atom stereocenters. The highest BCUT2D eigenvalue weighted by Gasteiger charge is 2.28. The minimum Gasteiger partial charge on any atom is -0.459 e. The van der Waals surface area contributed by atoms with Gasteiger partial charge in [-0.3, -0.25) is 14.5 Å². The van der Waals surface area contributed by atoms with E-state index in [-0.39, 0.29) is 5.91 Å². The molecular weight excluding hydrogens is 354 g/mol. The van der Waals surface area contributed by atoms with Crippen molar-refractivity contribution in [3.63, 3.8) is 0 Å². The van der Waals surface area contributed by atoms with Crippen LogP contribution >= 0.6 is 0 Å². The fraction of sp³-hybridized carbons (Fsp3) is 0.190. The molecule has 0 aromatic carbocycles. The quantitative estimate of drug-likeness (QED) is 0.553. The lowest BCUT2D eigenvalue weighted by atomic mass is 10.1. The van der Waals surface area contributed by atoms with Crippen LogP contribution in [0.5, 0.6) is 0 Å². The van der Waals surface area contributed by atoms with Gasteiger partial charge in [0.25, 0.3) is 5.91 Å². The summed E-state index contributed by atoms with van der Waals surface area (Å²) in [6.45, 7) is 1.57. The van der Waals surface area contributed by atoms with E-state index in [2.05, 4.69) is 11.1 Å². The summed E-state index contributed by atoms with van der Waals surface area (Å²) in [6, 6.07) is 11.3. The maximum Gasteiger partial charge on any atom is 0.290 e. The molecule has 7 heteroatoms. The Morgan fingerprint density at radius 1 is 1.18 bits per heavy atom. The van der Waals surface area contributed by atoms with Gasteiger partial charge in [-0.25, -0.2) is 0 Å². The molecule has 7 nitrogen and oxygen atoms in total. The number of aryl methyl sites for hydroxylation is 1. The lowest BCUT2D eigenvalue weighted by molar-refractivity contribution is 0.0696. The maximum absolute atomic E-state index is 12.9. The molecule has 140 valence electrons. The molecule has 0 N–H and O–H groups in total. The predicted molar refractivity (Wildman–Crippen MR) is 102 cm³/mol. The van der Waals surface area contributed by atoms with Crippen molar-refractivity contribution in [2.24, 2.45) is 7.05 Å². The highest BCUT2D eigenvalue weighted by molar-refractivity contribution is 5.91. The molecule has 5 heterocycles. The number of furan rings is 1. The van der Waals surface area contributed by atoms with E-state index in [0.29, 0.717) is 25.4 Å². The summed E-state index contributed by atoms with van der Waals surface area (Å²) in [7, 11) is 1.99. The van der Waals surface area contributed by atoms with E-state index in [1.165, 1.54) is 6.26 Å². The summed E-state index contributed by atoms with van der Waals surface area (Å²) in [5.41, 5.74) is 4.99. The van der Waals surface area contributed by atoms with Gasteiger partial charge in [-0.15, -0.1) is 0 Å². The number of rotatable bonds is 3. The topological polar surface area (TPSA) is 69.1 Å². The molecule has 0 spiro atoms. The van der Waals surface area contributed by atoms with Crippen LogP contribution in [0.15, 0.2) is 65.7 Å². The third-order valence-electron chi connectivity index (χ3n) is 5.07. The zero-order valence-corrected chi connectivity index (χ0v) is 15.4. The van der Waals surface area contributed by atoms with Crippen LogP contribution in [0.1, 0.15) is 27.5 Å². The smallest absolute Gasteiger partial charge is 0.290 e. The van der Waals surface area contributed by atoms with Crippen LogP contribution in [0.2, 0.25) is 0 Å². The van der Waals surface area contributed by atoms with Gasteiger partial charge in [0.15, 0.2) is 5.76 Å². The average molecular weight is 373 g/mol. The number of amides is 1. The number of fused-ring (bicyclic) bond motifs is 3. The van der Waals surface area contributed by atoms with Crippen LogP contribution in [0, 0.1) is 0 Å². The van der Waals surface area contributed by atoms with Crippen LogP contribution in [-0.2, 0) is 26.7 Å². The summed E-state index contributed by atoms with van der Waals surface area (Å²) in [6.07, 6.45) is 7.32. The summed E-state index contributed by atoms with van der Waals surface area (Å²) < 4.78 is 9.27. The van der Waals surface area contributed by atoms with Crippen molar-refractivity contribution in [2.75, 3.05) is 0 Å². The van der Waals surface area contributed by atoms with E-state index in [4.69, 9.17) is 9.52 Å². The Morgan fingerprint density at radius 3 is 2.89 bits per heavy atom. The summed E-state index contributed by atoms with van der Waals surface area (Å²) in [5, 5.41) is 4.82. The minimum absolute atomic E-state index is 0.123. The van der Waals surface area contributed by atoms with Gasteiger partial charge in [0.05, 0.1) is 37.3 Å². The molecule has 28 heavy (non-hydrogen) atoms. The molecule has 0 aliphatic carbocycles. The predicted octanol–water partition coefficient (Wildman–Crippen LogP) is 3.08. The third-order valence-corrected chi connectivity index (χ3v) is 5.07. The van der Waals surface area contributed by atoms with Crippen molar-refractivity contribution in [3.05, 3.63) is 84.0 Å². The second-order valence-electron chi connectivity index (χ2n) is 6.95. The molecule has 0 atom stereocenters. The molecule has 4 aromatic heterocycles. The van der Waals surface area contributed by atoms with Gasteiger partial charge in [0, 0.05) is 42.5 Å². The number of pyridine rings is 1. The Balaban J connectivity index is 1.54. The molecule has 1 amide bonds. The van der Waals surface area contributed by atoms with Crippen LogP contribution in [-0.4, -0.2) is 30.1 Å². The second kappa shape index (κ2) is 6.53. The average Bonchev–Trinajstić information content (AvgIpc) is 3.42. The monoisotopic (exact) mass is 373 g/mol. The van der Waals surface area contributed by atoms with E-state index in [0.717, 1.165) is 28.2 Å². The molecule has 0 bridgehead atoms. The molecular formula is C21H19N5O2. The summed E-state index contributed by atoms with van der Waals surface area (Å²) in [5.74, 6) is 0.225. The largest absolute Gasteiger partial charge is 0.459 e. The normalized spacial score (nSPS) is 13.1. The Morgan fingerprint density at radius 2 is 2.11 bits per heavy atom. The summed E-state index contributed by atoms with van der Waals surface area (Å²) >= 11 is 0. The van der Waals surface area contributed by atoms with Crippen molar-refractivity contribution in [1.82, 2.24) is 24.2 Å². The zero-order chi connectivity index (χ0) is 19.1. The molecule has 1 aliphatic heterocycles. The molecule has 4 aromatic rings. The third kappa shape index (κ3) is 2.81. The molecule has 0 fully saturated rings. The van der Waals surface area contributed by atoms with Crippen molar-refractivity contribution in [3.8, 4) is 11.3 Å². The first-order chi connectivity index (χ1) is 13.7. The fourth-order valence-electron chi connectivity index (χ4n) is 3.66. The van der Waals surface area contributed by atoms with Gasteiger partial charge in [0.2, 0.25) is 0 Å².